The monoisotopic (exact) mass is 411 g/mol. The normalized spacial score (nSPS) is 20.2. The molecule has 2 atom stereocenters. The first-order chi connectivity index (χ1) is 14.4. The van der Waals surface area contributed by atoms with Gasteiger partial charge >= 0.3 is 0 Å². The lowest BCUT2D eigenvalue weighted by atomic mass is 9.83. The molecule has 0 saturated carbocycles. The lowest BCUT2D eigenvalue weighted by Gasteiger charge is -2.42. The van der Waals surface area contributed by atoms with Crippen LogP contribution in [0.1, 0.15) is 46.1 Å². The van der Waals surface area contributed by atoms with Crippen molar-refractivity contribution in [1.29, 1.82) is 0 Å². The largest absolute Gasteiger partial charge is 0.385 e. The molecule has 2 aliphatic heterocycles. The minimum Gasteiger partial charge on any atom is -0.385 e. The number of pyridine rings is 2. The van der Waals surface area contributed by atoms with Gasteiger partial charge in [-0.25, -0.2) is 0 Å². The highest BCUT2D eigenvalue weighted by atomic mass is 16.5. The second-order valence-electron chi connectivity index (χ2n) is 8.56. The Morgan fingerprint density at radius 3 is 2.73 bits per heavy atom. The van der Waals surface area contributed by atoms with Gasteiger partial charge in [-0.1, -0.05) is 6.07 Å². The van der Waals surface area contributed by atoms with Crippen LogP contribution in [-0.4, -0.2) is 46.7 Å². The predicted molar refractivity (Wildman–Crippen MR) is 114 cm³/mol. The molecule has 2 aromatic rings. The van der Waals surface area contributed by atoms with Crippen LogP contribution in [0.4, 0.5) is 0 Å². The van der Waals surface area contributed by atoms with E-state index in [0.29, 0.717) is 39.2 Å². The van der Waals surface area contributed by atoms with Gasteiger partial charge in [0, 0.05) is 63.3 Å². The molecule has 1 amide bonds. The molecular weight excluding hydrogens is 382 g/mol. The van der Waals surface area contributed by atoms with E-state index in [1.54, 1.807) is 23.8 Å². The quantitative estimate of drug-likeness (QED) is 0.705. The zero-order valence-electron chi connectivity index (χ0n) is 17.9. The van der Waals surface area contributed by atoms with Crippen LogP contribution in [0, 0.1) is 19.8 Å². The number of aryl methyl sites for hydroxylation is 2. The second kappa shape index (κ2) is 8.22. The lowest BCUT2D eigenvalue weighted by Crippen LogP contribution is -2.50. The third-order valence-corrected chi connectivity index (χ3v) is 6.42. The summed E-state index contributed by atoms with van der Waals surface area (Å²) < 4.78 is 8.63. The highest BCUT2D eigenvalue weighted by molar-refractivity contribution is 5.95. The molecule has 4 heterocycles. The molecule has 0 radical (unpaired) electrons. The Labute approximate surface area is 175 Å². The number of aromatic nitrogens is 2. The van der Waals surface area contributed by atoms with E-state index in [1.165, 1.54) is 0 Å². The Balaban J connectivity index is 1.64. The number of fused-ring (bicyclic) bond motifs is 4. The molecule has 0 N–H and O–H groups in total. The lowest BCUT2D eigenvalue weighted by molar-refractivity contribution is 0.0591. The van der Waals surface area contributed by atoms with Crippen molar-refractivity contribution >= 4 is 5.91 Å². The number of methoxy groups -OCH3 is 1. The van der Waals surface area contributed by atoms with Crippen LogP contribution in [0.3, 0.4) is 0 Å². The summed E-state index contributed by atoms with van der Waals surface area (Å²) in [6.07, 6.45) is 1.69. The predicted octanol–water partition coefficient (Wildman–Crippen LogP) is 1.92. The van der Waals surface area contributed by atoms with E-state index in [-0.39, 0.29) is 34.4 Å². The molecule has 1 fully saturated rings. The van der Waals surface area contributed by atoms with Crippen LogP contribution >= 0.6 is 0 Å². The van der Waals surface area contributed by atoms with Crippen molar-refractivity contribution < 1.29 is 9.53 Å². The number of hydrogen-bond acceptors (Lipinski definition) is 4. The molecule has 0 aromatic carbocycles. The first-order valence-electron chi connectivity index (χ1n) is 10.6. The van der Waals surface area contributed by atoms with Gasteiger partial charge in [-0.15, -0.1) is 0 Å². The van der Waals surface area contributed by atoms with Gasteiger partial charge < -0.3 is 18.8 Å². The van der Waals surface area contributed by atoms with Crippen molar-refractivity contribution in [1.82, 2.24) is 14.0 Å². The molecule has 4 rings (SSSR count). The van der Waals surface area contributed by atoms with Crippen molar-refractivity contribution in [2.45, 2.75) is 45.7 Å². The van der Waals surface area contributed by atoms with Crippen LogP contribution in [0.25, 0.3) is 0 Å². The second-order valence-corrected chi connectivity index (χ2v) is 8.56. The number of hydrogen-bond donors (Lipinski definition) is 0. The molecule has 2 aromatic heterocycles. The van der Waals surface area contributed by atoms with Gasteiger partial charge in [0.15, 0.2) is 0 Å². The number of ether oxygens (including phenoxy) is 1. The topological polar surface area (TPSA) is 73.5 Å². The molecule has 160 valence electrons. The average Bonchev–Trinajstić information content (AvgIpc) is 2.71. The zero-order valence-corrected chi connectivity index (χ0v) is 17.9. The Bertz CT molecular complexity index is 1080. The third kappa shape index (κ3) is 3.62. The van der Waals surface area contributed by atoms with Crippen molar-refractivity contribution in [2.24, 2.45) is 5.92 Å². The van der Waals surface area contributed by atoms with Crippen molar-refractivity contribution in [3.8, 4) is 0 Å². The Morgan fingerprint density at radius 1 is 1.17 bits per heavy atom. The van der Waals surface area contributed by atoms with E-state index in [0.717, 1.165) is 23.4 Å². The number of likely N-dealkylation sites (tertiary alicyclic amines) is 1. The molecule has 2 bridgehead atoms. The number of rotatable bonds is 5. The fourth-order valence-electron chi connectivity index (χ4n) is 5.05. The van der Waals surface area contributed by atoms with Crippen molar-refractivity contribution in [3.63, 3.8) is 0 Å². The summed E-state index contributed by atoms with van der Waals surface area (Å²) in [5.41, 5.74) is 2.64. The fourth-order valence-corrected chi connectivity index (χ4v) is 5.05. The maximum Gasteiger partial charge on any atom is 0.263 e. The minimum atomic E-state index is -0.221. The van der Waals surface area contributed by atoms with Crippen molar-refractivity contribution in [3.05, 3.63) is 67.5 Å². The van der Waals surface area contributed by atoms with Crippen LogP contribution in [0.15, 0.2) is 33.9 Å². The summed E-state index contributed by atoms with van der Waals surface area (Å²) in [7, 11) is 1.64. The van der Waals surface area contributed by atoms with Gasteiger partial charge in [-0.3, -0.25) is 14.4 Å². The van der Waals surface area contributed by atoms with E-state index in [9.17, 15) is 14.4 Å². The fraction of sp³-hybridized carbons (Fsp3) is 0.522. The number of piperidine rings is 1. The summed E-state index contributed by atoms with van der Waals surface area (Å²) in [6.45, 7) is 6.57. The maximum absolute atomic E-state index is 13.5. The number of amides is 1. The van der Waals surface area contributed by atoms with Gasteiger partial charge in [0.2, 0.25) is 0 Å². The summed E-state index contributed by atoms with van der Waals surface area (Å²) in [4.78, 5) is 40.7. The van der Waals surface area contributed by atoms with Gasteiger partial charge in [-0.2, -0.15) is 0 Å². The van der Waals surface area contributed by atoms with Crippen LogP contribution < -0.4 is 11.1 Å². The summed E-state index contributed by atoms with van der Waals surface area (Å²) in [5, 5.41) is 0. The smallest absolute Gasteiger partial charge is 0.263 e. The first kappa shape index (κ1) is 20.6. The number of carbonyl (C=O) groups is 1. The Kier molecular flexibility index (Phi) is 5.64. The van der Waals surface area contributed by atoms with Crippen molar-refractivity contribution in [2.75, 3.05) is 26.8 Å². The highest BCUT2D eigenvalue weighted by Gasteiger charge is 2.37. The minimum absolute atomic E-state index is 0.0234. The molecule has 0 spiro atoms. The molecule has 0 aliphatic carbocycles. The summed E-state index contributed by atoms with van der Waals surface area (Å²) >= 11 is 0. The van der Waals surface area contributed by atoms with E-state index in [4.69, 9.17) is 4.74 Å². The average molecular weight is 412 g/mol. The SMILES string of the molecule is COCCCn1c(C)cc(C)c(C(=O)N2C[C@@H]3C[C@H](C2)c2cccc(=O)n2C3)c1=O. The number of carbonyl (C=O) groups excluding carboxylic acids is 1. The molecule has 1 saturated heterocycles. The van der Waals surface area contributed by atoms with Gasteiger partial charge in [0.1, 0.15) is 5.56 Å². The van der Waals surface area contributed by atoms with E-state index in [2.05, 4.69) is 0 Å². The van der Waals surface area contributed by atoms with Gasteiger partial charge in [-0.05, 0) is 50.3 Å². The Hall–Kier alpha value is -2.67. The maximum atomic E-state index is 13.5. The van der Waals surface area contributed by atoms with E-state index in [1.807, 2.05) is 35.4 Å². The summed E-state index contributed by atoms with van der Waals surface area (Å²) in [5.74, 6) is 0.166. The van der Waals surface area contributed by atoms with Gasteiger partial charge in [0.05, 0.1) is 0 Å². The van der Waals surface area contributed by atoms with E-state index < -0.39 is 0 Å². The standard InChI is InChI=1S/C23H29N3O4/c1-15-10-16(2)25(8-5-9-30-3)23(29)21(15)22(28)24-12-17-11-18(14-24)19-6-4-7-20(27)26(19)13-17/h4,6-7,10,17-18H,5,8-9,11-14H2,1-3H3/t17-,18+/m0/s1. The van der Waals surface area contributed by atoms with Crippen LogP contribution in [0.5, 0.6) is 0 Å². The van der Waals surface area contributed by atoms with Gasteiger partial charge in [0.25, 0.3) is 17.0 Å². The molecular formula is C23H29N3O4. The van der Waals surface area contributed by atoms with Crippen LogP contribution in [-0.2, 0) is 17.8 Å². The summed E-state index contributed by atoms with van der Waals surface area (Å²) in [6, 6.07) is 7.28. The van der Waals surface area contributed by atoms with E-state index >= 15 is 0 Å². The zero-order chi connectivity index (χ0) is 21.4. The molecule has 7 nitrogen and oxygen atoms in total. The molecule has 0 unspecified atom stereocenters. The molecule has 2 aliphatic rings. The van der Waals surface area contributed by atoms with Crippen LogP contribution in [0.2, 0.25) is 0 Å². The number of nitrogens with zero attached hydrogens (tertiary/aromatic N) is 3. The molecule has 7 heteroatoms. The Morgan fingerprint density at radius 2 is 1.97 bits per heavy atom. The highest BCUT2D eigenvalue weighted by Crippen LogP contribution is 2.35. The first-order valence-corrected chi connectivity index (χ1v) is 10.6. The third-order valence-electron chi connectivity index (χ3n) is 6.42. The molecule has 30 heavy (non-hydrogen) atoms.